The number of carboxylic acid groups (broad SMARTS) is 1. The van der Waals surface area contributed by atoms with Gasteiger partial charge in [-0.05, 0) is 25.3 Å². The van der Waals surface area contributed by atoms with E-state index in [0.29, 0.717) is 31.3 Å². The number of nitrogens with two attached hydrogens (primary N) is 1. The lowest BCUT2D eigenvalue weighted by Gasteiger charge is -2.31. The van der Waals surface area contributed by atoms with Crippen LogP contribution in [0.3, 0.4) is 0 Å². The second-order valence-corrected chi connectivity index (χ2v) is 6.67. The maximum atomic E-state index is 12.6. The van der Waals surface area contributed by atoms with Crippen LogP contribution in [0.15, 0.2) is 0 Å². The van der Waals surface area contributed by atoms with Gasteiger partial charge in [-0.25, -0.2) is 9.59 Å². The zero-order chi connectivity index (χ0) is 14.7. The maximum absolute atomic E-state index is 12.6. The smallest absolute Gasteiger partial charge is 0.327 e. The van der Waals surface area contributed by atoms with Gasteiger partial charge in [0.25, 0.3) is 0 Å². The minimum atomic E-state index is -0.904. The summed E-state index contributed by atoms with van der Waals surface area (Å²) in [5.74, 6) is -0.0685. The van der Waals surface area contributed by atoms with Crippen molar-refractivity contribution in [1.29, 1.82) is 0 Å². The number of hydrogen-bond acceptors (Lipinski definition) is 4. The van der Waals surface area contributed by atoms with Crippen molar-refractivity contribution in [3.05, 3.63) is 0 Å². The molecule has 2 rings (SSSR count). The average Bonchev–Trinajstić information content (AvgIpc) is 3.04. The van der Waals surface area contributed by atoms with E-state index in [9.17, 15) is 14.7 Å². The summed E-state index contributed by atoms with van der Waals surface area (Å²) in [6.07, 6.45) is 2.70. The van der Waals surface area contributed by atoms with Crippen molar-refractivity contribution < 1.29 is 14.7 Å². The predicted octanol–water partition coefficient (Wildman–Crippen LogP) is 1.02. The summed E-state index contributed by atoms with van der Waals surface area (Å²) < 4.78 is 0. The molecular weight excluding hydrogens is 278 g/mol. The summed E-state index contributed by atoms with van der Waals surface area (Å²) in [5, 5.41) is 9.31. The van der Waals surface area contributed by atoms with Crippen LogP contribution in [0.25, 0.3) is 0 Å². The Bertz CT molecular complexity index is 380. The van der Waals surface area contributed by atoms with Crippen molar-refractivity contribution in [2.24, 2.45) is 11.7 Å². The van der Waals surface area contributed by atoms with Crippen LogP contribution in [-0.2, 0) is 4.79 Å². The topological polar surface area (TPSA) is 86.9 Å². The first-order chi connectivity index (χ1) is 9.58. The van der Waals surface area contributed by atoms with Gasteiger partial charge in [-0.3, -0.25) is 4.90 Å². The molecular formula is C13H23N3O3S. The van der Waals surface area contributed by atoms with Crippen molar-refractivity contribution in [3.8, 4) is 0 Å². The van der Waals surface area contributed by atoms with Crippen molar-refractivity contribution in [2.45, 2.75) is 37.6 Å². The first-order valence-corrected chi connectivity index (χ1v) is 8.25. The summed E-state index contributed by atoms with van der Waals surface area (Å²) in [6, 6.07) is -0.822. The monoisotopic (exact) mass is 301 g/mol. The first-order valence-electron chi connectivity index (χ1n) is 7.20. The second kappa shape index (κ2) is 6.67. The number of nitrogens with zero attached hydrogens (tertiary/aromatic N) is 2. The molecule has 0 spiro atoms. The lowest BCUT2D eigenvalue weighted by molar-refractivity contribution is -0.141. The van der Waals surface area contributed by atoms with Crippen LogP contribution in [0.4, 0.5) is 4.79 Å². The van der Waals surface area contributed by atoms with E-state index in [1.54, 1.807) is 21.6 Å². The molecule has 2 fully saturated rings. The average molecular weight is 301 g/mol. The fourth-order valence-corrected chi connectivity index (χ4v) is 4.35. The SMILES string of the molecule is CCCC1SCC(C(=O)O)N1C(=O)N1CCC(CN)C1. The number of likely N-dealkylation sites (tertiary alicyclic amines) is 1. The van der Waals surface area contributed by atoms with Crippen molar-refractivity contribution >= 4 is 23.8 Å². The zero-order valence-corrected chi connectivity index (χ0v) is 12.6. The van der Waals surface area contributed by atoms with Gasteiger partial charge in [0.1, 0.15) is 6.04 Å². The summed E-state index contributed by atoms with van der Waals surface area (Å²) in [6.45, 7) is 3.98. The van der Waals surface area contributed by atoms with E-state index < -0.39 is 12.0 Å². The predicted molar refractivity (Wildman–Crippen MR) is 78.5 cm³/mol. The highest BCUT2D eigenvalue weighted by Crippen LogP contribution is 2.34. The molecule has 0 aromatic rings. The Hall–Kier alpha value is -0.950. The van der Waals surface area contributed by atoms with Crippen LogP contribution in [0.5, 0.6) is 0 Å². The summed E-state index contributed by atoms with van der Waals surface area (Å²) in [5.41, 5.74) is 5.65. The molecule has 6 nitrogen and oxygen atoms in total. The van der Waals surface area contributed by atoms with Crippen LogP contribution in [0.1, 0.15) is 26.2 Å². The Morgan fingerprint density at radius 3 is 2.75 bits per heavy atom. The fourth-order valence-electron chi connectivity index (χ4n) is 2.84. The number of aliphatic carboxylic acids is 1. The summed E-state index contributed by atoms with van der Waals surface area (Å²) in [4.78, 5) is 27.3. The molecule has 2 amide bonds. The Balaban J connectivity index is 2.09. The van der Waals surface area contributed by atoms with Gasteiger partial charge < -0.3 is 15.7 Å². The number of carbonyl (C=O) groups excluding carboxylic acids is 1. The van der Waals surface area contributed by atoms with Gasteiger partial charge in [-0.1, -0.05) is 13.3 Å². The number of thioether (sulfide) groups is 1. The number of carboxylic acids is 1. The van der Waals surface area contributed by atoms with Gasteiger partial charge in [0.2, 0.25) is 0 Å². The Labute approximate surface area is 123 Å². The zero-order valence-electron chi connectivity index (χ0n) is 11.8. The van der Waals surface area contributed by atoms with E-state index in [4.69, 9.17) is 5.73 Å². The minimum Gasteiger partial charge on any atom is -0.480 e. The molecule has 0 radical (unpaired) electrons. The molecule has 0 aliphatic carbocycles. The first kappa shape index (κ1) is 15.4. The van der Waals surface area contributed by atoms with Crippen LogP contribution >= 0.6 is 11.8 Å². The molecule has 2 saturated heterocycles. The molecule has 2 aliphatic rings. The lowest BCUT2D eigenvalue weighted by Crippen LogP contribution is -2.51. The van der Waals surface area contributed by atoms with E-state index in [0.717, 1.165) is 19.3 Å². The van der Waals surface area contributed by atoms with Crippen LogP contribution in [-0.4, -0.2) is 63.7 Å². The Morgan fingerprint density at radius 1 is 1.45 bits per heavy atom. The normalized spacial score (nSPS) is 30.0. The van der Waals surface area contributed by atoms with Crippen LogP contribution < -0.4 is 5.73 Å². The molecule has 0 aromatic heterocycles. The Kier molecular flexibility index (Phi) is 5.15. The van der Waals surface area contributed by atoms with Gasteiger partial charge in [0.05, 0.1) is 5.37 Å². The molecule has 2 aliphatic heterocycles. The molecule has 7 heteroatoms. The van der Waals surface area contributed by atoms with E-state index in [1.165, 1.54) is 0 Å². The minimum absolute atomic E-state index is 0.00877. The second-order valence-electron chi connectivity index (χ2n) is 5.46. The van der Waals surface area contributed by atoms with E-state index in [2.05, 4.69) is 6.92 Å². The van der Waals surface area contributed by atoms with Crippen molar-refractivity contribution in [1.82, 2.24) is 9.80 Å². The van der Waals surface area contributed by atoms with Gasteiger partial charge >= 0.3 is 12.0 Å². The third-order valence-electron chi connectivity index (χ3n) is 4.02. The molecule has 0 bridgehead atoms. The molecule has 2 heterocycles. The number of hydrogen-bond donors (Lipinski definition) is 2. The molecule has 0 saturated carbocycles. The molecule has 3 atom stereocenters. The number of rotatable bonds is 4. The van der Waals surface area contributed by atoms with Gasteiger partial charge in [-0.2, -0.15) is 0 Å². The third kappa shape index (κ3) is 3.03. The Morgan fingerprint density at radius 2 is 2.20 bits per heavy atom. The van der Waals surface area contributed by atoms with Gasteiger partial charge in [-0.15, -0.1) is 11.8 Å². The van der Waals surface area contributed by atoms with Gasteiger partial charge in [0.15, 0.2) is 0 Å². The maximum Gasteiger partial charge on any atom is 0.327 e. The lowest BCUT2D eigenvalue weighted by atomic mass is 10.1. The quantitative estimate of drug-likeness (QED) is 0.809. The molecule has 0 aromatic carbocycles. The highest BCUT2D eigenvalue weighted by Gasteiger charge is 2.43. The largest absolute Gasteiger partial charge is 0.480 e. The highest BCUT2D eigenvalue weighted by atomic mass is 32.2. The van der Waals surface area contributed by atoms with E-state index in [1.807, 2.05) is 0 Å². The van der Waals surface area contributed by atoms with Gasteiger partial charge in [0, 0.05) is 18.8 Å². The van der Waals surface area contributed by atoms with E-state index in [-0.39, 0.29) is 11.4 Å². The fraction of sp³-hybridized carbons (Fsp3) is 0.846. The van der Waals surface area contributed by atoms with Crippen molar-refractivity contribution in [3.63, 3.8) is 0 Å². The van der Waals surface area contributed by atoms with Crippen molar-refractivity contribution in [2.75, 3.05) is 25.4 Å². The third-order valence-corrected chi connectivity index (χ3v) is 5.38. The van der Waals surface area contributed by atoms with E-state index >= 15 is 0 Å². The number of urea groups is 1. The highest BCUT2D eigenvalue weighted by molar-refractivity contribution is 8.00. The molecule has 3 N–H and O–H groups in total. The standard InChI is InChI=1S/C13H23N3O3S/c1-2-3-11-16(10(8-20-11)12(17)18)13(19)15-5-4-9(6-14)7-15/h9-11H,2-8,14H2,1H3,(H,17,18). The molecule has 3 unspecified atom stereocenters. The molecule has 20 heavy (non-hydrogen) atoms. The number of carbonyl (C=O) groups is 2. The summed E-state index contributed by atoms with van der Waals surface area (Å²) in [7, 11) is 0. The van der Waals surface area contributed by atoms with Crippen LogP contribution in [0, 0.1) is 5.92 Å². The number of amides is 2. The summed E-state index contributed by atoms with van der Waals surface area (Å²) >= 11 is 1.58. The van der Waals surface area contributed by atoms with Crippen LogP contribution in [0.2, 0.25) is 0 Å². The molecule has 114 valence electrons.